The lowest BCUT2D eigenvalue weighted by Gasteiger charge is -2.16. The van der Waals surface area contributed by atoms with Gasteiger partial charge in [0.25, 0.3) is 5.91 Å². The third-order valence-electron chi connectivity index (χ3n) is 2.33. The number of rotatable bonds is 6. The van der Waals surface area contributed by atoms with E-state index in [0.717, 1.165) is 0 Å². The van der Waals surface area contributed by atoms with E-state index in [1.54, 1.807) is 13.8 Å². The molecule has 0 fully saturated rings. The molecule has 0 bridgehead atoms. The van der Waals surface area contributed by atoms with E-state index < -0.39 is 23.9 Å². The van der Waals surface area contributed by atoms with Gasteiger partial charge in [-0.2, -0.15) is 0 Å². The first kappa shape index (κ1) is 16.9. The Morgan fingerprint density at radius 3 is 2.29 bits per heavy atom. The molecule has 0 saturated carbocycles. The summed E-state index contributed by atoms with van der Waals surface area (Å²) in [6, 6.07) is -0.131. The molecular weight excluding hydrogens is 300 g/mol. The highest BCUT2D eigenvalue weighted by Crippen LogP contribution is 2.13. The SMILES string of the molecule is CCOC(=O)C(NC(=O)c1cnccc1Cl)C(=O)OCC. The number of halogens is 1. The number of aromatic nitrogens is 1. The Morgan fingerprint density at radius 2 is 1.81 bits per heavy atom. The smallest absolute Gasteiger partial charge is 0.340 e. The molecule has 0 atom stereocenters. The lowest BCUT2D eigenvalue weighted by molar-refractivity contribution is -0.157. The minimum absolute atomic E-state index is 0.0396. The summed E-state index contributed by atoms with van der Waals surface area (Å²) in [6.07, 6.45) is 2.64. The van der Waals surface area contributed by atoms with E-state index in [9.17, 15) is 14.4 Å². The van der Waals surface area contributed by atoms with Crippen LogP contribution in [0.15, 0.2) is 18.5 Å². The third-order valence-corrected chi connectivity index (χ3v) is 2.66. The van der Waals surface area contributed by atoms with Crippen molar-refractivity contribution in [1.29, 1.82) is 0 Å². The number of nitrogens with one attached hydrogen (secondary N) is 1. The van der Waals surface area contributed by atoms with Crippen LogP contribution in [0.25, 0.3) is 0 Å². The monoisotopic (exact) mass is 314 g/mol. The van der Waals surface area contributed by atoms with Gasteiger partial charge in [0.05, 0.1) is 23.8 Å². The molecule has 1 aromatic heterocycles. The van der Waals surface area contributed by atoms with Crippen molar-refractivity contribution in [1.82, 2.24) is 10.3 Å². The van der Waals surface area contributed by atoms with Crippen LogP contribution in [0.3, 0.4) is 0 Å². The van der Waals surface area contributed by atoms with Crippen molar-refractivity contribution >= 4 is 29.4 Å². The fourth-order valence-corrected chi connectivity index (χ4v) is 1.61. The van der Waals surface area contributed by atoms with Gasteiger partial charge in [0.2, 0.25) is 6.04 Å². The van der Waals surface area contributed by atoms with Gasteiger partial charge in [-0.05, 0) is 19.9 Å². The number of esters is 2. The van der Waals surface area contributed by atoms with Gasteiger partial charge >= 0.3 is 11.9 Å². The highest BCUT2D eigenvalue weighted by Gasteiger charge is 2.32. The molecular formula is C13H15ClN2O5. The maximum Gasteiger partial charge on any atom is 0.340 e. The van der Waals surface area contributed by atoms with Crippen molar-refractivity contribution < 1.29 is 23.9 Å². The maximum absolute atomic E-state index is 12.0. The molecule has 0 aromatic carbocycles. The standard InChI is InChI=1S/C13H15ClN2O5/c1-3-20-12(18)10(13(19)21-4-2)16-11(17)8-7-15-6-5-9(8)14/h5-7,10H,3-4H2,1-2H3,(H,16,17). The van der Waals surface area contributed by atoms with Crippen molar-refractivity contribution in [3.63, 3.8) is 0 Å². The van der Waals surface area contributed by atoms with Crippen LogP contribution in [0.4, 0.5) is 0 Å². The van der Waals surface area contributed by atoms with Crippen molar-refractivity contribution in [3.05, 3.63) is 29.0 Å². The highest BCUT2D eigenvalue weighted by atomic mass is 35.5. The first-order chi connectivity index (χ1) is 10.0. The van der Waals surface area contributed by atoms with Crippen molar-refractivity contribution in [2.45, 2.75) is 19.9 Å². The van der Waals surface area contributed by atoms with E-state index in [-0.39, 0.29) is 23.8 Å². The summed E-state index contributed by atoms with van der Waals surface area (Å²) >= 11 is 5.85. The first-order valence-electron chi connectivity index (χ1n) is 6.24. The predicted molar refractivity (Wildman–Crippen MR) is 73.8 cm³/mol. The van der Waals surface area contributed by atoms with E-state index in [1.165, 1.54) is 18.5 Å². The van der Waals surface area contributed by atoms with Gasteiger partial charge in [0.1, 0.15) is 0 Å². The molecule has 114 valence electrons. The average molecular weight is 315 g/mol. The van der Waals surface area contributed by atoms with Crippen molar-refractivity contribution in [3.8, 4) is 0 Å². The predicted octanol–water partition coefficient (Wildman–Crippen LogP) is 0.960. The zero-order valence-electron chi connectivity index (χ0n) is 11.6. The third kappa shape index (κ3) is 4.71. The van der Waals surface area contributed by atoms with Gasteiger partial charge in [-0.25, -0.2) is 9.59 Å². The molecule has 0 radical (unpaired) electrons. The zero-order chi connectivity index (χ0) is 15.8. The molecule has 21 heavy (non-hydrogen) atoms. The fourth-order valence-electron chi connectivity index (χ4n) is 1.42. The van der Waals surface area contributed by atoms with Gasteiger partial charge < -0.3 is 14.8 Å². The van der Waals surface area contributed by atoms with Gasteiger partial charge in [0, 0.05) is 12.4 Å². The van der Waals surface area contributed by atoms with Gasteiger partial charge in [-0.1, -0.05) is 11.6 Å². The molecule has 1 amide bonds. The van der Waals surface area contributed by atoms with Gasteiger partial charge in [-0.15, -0.1) is 0 Å². The summed E-state index contributed by atoms with van der Waals surface area (Å²) in [6.45, 7) is 3.30. The number of carbonyl (C=O) groups is 3. The maximum atomic E-state index is 12.0. The summed E-state index contributed by atoms with van der Waals surface area (Å²) in [5, 5.41) is 2.38. The Kier molecular flexibility index (Phi) is 6.61. The van der Waals surface area contributed by atoms with Crippen LogP contribution in [0, 0.1) is 0 Å². The Bertz CT molecular complexity index is 517. The van der Waals surface area contributed by atoms with Crippen LogP contribution in [0.2, 0.25) is 5.02 Å². The molecule has 0 aliphatic heterocycles. The summed E-state index contributed by atoms with van der Waals surface area (Å²) in [5.74, 6) is -2.52. The van der Waals surface area contributed by atoms with E-state index in [2.05, 4.69) is 10.3 Å². The molecule has 1 heterocycles. The molecule has 0 saturated heterocycles. The zero-order valence-corrected chi connectivity index (χ0v) is 12.3. The summed E-state index contributed by atoms with van der Waals surface area (Å²) in [5.41, 5.74) is 0.0396. The quantitative estimate of drug-likeness (QED) is 0.621. The molecule has 1 aromatic rings. The Balaban J connectivity index is 2.90. The van der Waals surface area contributed by atoms with Crippen molar-refractivity contribution in [2.75, 3.05) is 13.2 Å². The second-order valence-corrected chi connectivity index (χ2v) is 4.17. The summed E-state index contributed by atoms with van der Waals surface area (Å²) < 4.78 is 9.47. The van der Waals surface area contributed by atoms with Crippen LogP contribution in [0.1, 0.15) is 24.2 Å². The molecule has 0 aliphatic carbocycles. The summed E-state index contributed by atoms with van der Waals surface area (Å²) in [4.78, 5) is 39.3. The van der Waals surface area contributed by atoms with E-state index in [1.807, 2.05) is 0 Å². The Morgan fingerprint density at radius 1 is 1.24 bits per heavy atom. The lowest BCUT2D eigenvalue weighted by Crippen LogP contribution is -2.48. The molecule has 7 nitrogen and oxygen atoms in total. The van der Waals surface area contributed by atoms with E-state index in [0.29, 0.717) is 0 Å². The number of pyridine rings is 1. The highest BCUT2D eigenvalue weighted by molar-refractivity contribution is 6.33. The second kappa shape index (κ2) is 8.21. The fraction of sp³-hybridized carbons (Fsp3) is 0.385. The molecule has 0 unspecified atom stereocenters. The average Bonchev–Trinajstić information content (AvgIpc) is 2.45. The molecule has 8 heteroatoms. The van der Waals surface area contributed by atoms with Crippen molar-refractivity contribution in [2.24, 2.45) is 0 Å². The lowest BCUT2D eigenvalue weighted by atomic mass is 10.2. The second-order valence-electron chi connectivity index (χ2n) is 3.77. The molecule has 0 aliphatic rings. The number of carbonyl (C=O) groups excluding carboxylic acids is 3. The van der Waals surface area contributed by atoms with Crippen LogP contribution in [0.5, 0.6) is 0 Å². The Labute approximate surface area is 126 Å². The van der Waals surface area contributed by atoms with E-state index >= 15 is 0 Å². The molecule has 0 spiro atoms. The number of hydrogen-bond acceptors (Lipinski definition) is 6. The van der Waals surface area contributed by atoms with Crippen LogP contribution in [-0.4, -0.2) is 42.1 Å². The minimum atomic E-state index is -1.55. The molecule has 1 N–H and O–H groups in total. The van der Waals surface area contributed by atoms with E-state index in [4.69, 9.17) is 21.1 Å². The van der Waals surface area contributed by atoms with Gasteiger partial charge in [0.15, 0.2) is 0 Å². The Hall–Kier alpha value is -2.15. The largest absolute Gasteiger partial charge is 0.464 e. The number of ether oxygens (including phenoxy) is 2. The number of amides is 1. The van der Waals surface area contributed by atoms with Crippen LogP contribution >= 0.6 is 11.6 Å². The topological polar surface area (TPSA) is 94.6 Å². The first-order valence-corrected chi connectivity index (χ1v) is 6.62. The van der Waals surface area contributed by atoms with Crippen LogP contribution in [-0.2, 0) is 19.1 Å². The number of nitrogens with zero attached hydrogens (tertiary/aromatic N) is 1. The molecule has 1 rings (SSSR count). The minimum Gasteiger partial charge on any atom is -0.464 e. The number of hydrogen-bond donors (Lipinski definition) is 1. The van der Waals surface area contributed by atoms with Crippen LogP contribution < -0.4 is 5.32 Å². The normalized spacial score (nSPS) is 10.1. The summed E-state index contributed by atoms with van der Waals surface area (Å²) in [7, 11) is 0. The van der Waals surface area contributed by atoms with Gasteiger partial charge in [-0.3, -0.25) is 9.78 Å².